The van der Waals surface area contributed by atoms with Crippen molar-refractivity contribution in [3.8, 4) is 34.1 Å². The maximum absolute atomic E-state index is 13.5. The fourth-order valence-corrected chi connectivity index (χ4v) is 11.8. The average Bonchev–Trinajstić information content (AvgIpc) is 4.26. The molecule has 0 radical (unpaired) electrons. The molecule has 0 bridgehead atoms. The Morgan fingerprint density at radius 1 is 0.733 bits per heavy atom. The summed E-state index contributed by atoms with van der Waals surface area (Å²) in [6.45, 7) is 3.47. The molecule has 2 saturated heterocycles. The number of carbonyl (C=O) groups excluding carboxylic acids is 2. The third-order valence-corrected chi connectivity index (χ3v) is 15.5. The number of nitrogens with two attached hydrogens (primary N) is 1. The molecule has 2 aromatic carbocycles. The summed E-state index contributed by atoms with van der Waals surface area (Å²) in [7, 11) is 5.30. The van der Waals surface area contributed by atoms with E-state index in [1.54, 1.807) is 57.9 Å². The Morgan fingerprint density at radius 3 is 1.73 bits per heavy atom. The number of carbonyl (C=O) groups is 2. The molecule has 6 aliphatic heterocycles. The molecule has 394 valence electrons. The summed E-state index contributed by atoms with van der Waals surface area (Å²) in [6, 6.07) is 10.1. The highest BCUT2D eigenvalue weighted by molar-refractivity contribution is 5.81. The SMILES string of the molecule is CNC(=O)N1CCc2c(c(N3CCCc4cc(-c5cnn(C)c5)c(OC(F)F)cc43)nn2C2CCOCC2)C1.Cn1cc(-c2cc3c(cc2C#N)N(c2nn(C4CCOCC4)c4c2CN(C(N)=O)CC4)CCC3)cn1. The molecule has 3 N–H and O–H groups in total. The van der Waals surface area contributed by atoms with Crippen molar-refractivity contribution < 1.29 is 32.6 Å². The number of aromatic nitrogens is 8. The van der Waals surface area contributed by atoms with Gasteiger partial charge in [-0.25, -0.2) is 9.59 Å². The van der Waals surface area contributed by atoms with Gasteiger partial charge in [-0.1, -0.05) is 0 Å². The van der Waals surface area contributed by atoms with Gasteiger partial charge in [-0.3, -0.25) is 18.7 Å². The van der Waals surface area contributed by atoms with Gasteiger partial charge in [0.1, 0.15) is 5.75 Å². The van der Waals surface area contributed by atoms with Gasteiger partial charge in [-0.2, -0.15) is 34.4 Å². The van der Waals surface area contributed by atoms with Gasteiger partial charge in [0.05, 0.1) is 49.2 Å². The first kappa shape index (κ1) is 49.7. The van der Waals surface area contributed by atoms with E-state index in [0.717, 1.165) is 140 Å². The Labute approximate surface area is 433 Å². The third kappa shape index (κ3) is 9.74. The van der Waals surface area contributed by atoms with Crippen LogP contribution in [0.2, 0.25) is 0 Å². The van der Waals surface area contributed by atoms with Crippen molar-refractivity contribution in [1.82, 2.24) is 54.2 Å². The molecule has 6 aliphatic rings. The number of nitrogens with zero attached hydrogens (tertiary/aromatic N) is 13. The Morgan fingerprint density at radius 2 is 1.24 bits per heavy atom. The molecule has 0 aliphatic carbocycles. The molecule has 20 nitrogen and oxygen atoms in total. The quantitative estimate of drug-likeness (QED) is 0.157. The summed E-state index contributed by atoms with van der Waals surface area (Å²) >= 11 is 0. The molecule has 0 unspecified atom stereocenters. The van der Waals surface area contributed by atoms with Crippen LogP contribution in [0, 0.1) is 11.3 Å². The minimum atomic E-state index is -2.96. The number of aryl methyl sites for hydroxylation is 4. The van der Waals surface area contributed by atoms with E-state index in [-0.39, 0.29) is 23.9 Å². The van der Waals surface area contributed by atoms with E-state index in [2.05, 4.69) is 46.8 Å². The van der Waals surface area contributed by atoms with Gasteiger partial charge >= 0.3 is 18.7 Å². The predicted octanol–water partition coefficient (Wildman–Crippen LogP) is 7.05. The second kappa shape index (κ2) is 21.0. The summed E-state index contributed by atoms with van der Waals surface area (Å²) in [5.41, 5.74) is 17.9. The Bertz CT molecular complexity index is 3140. The number of urea groups is 2. The van der Waals surface area contributed by atoms with Crippen molar-refractivity contribution >= 4 is 35.1 Å². The van der Waals surface area contributed by atoms with E-state index in [4.69, 9.17) is 30.1 Å². The molecule has 22 heteroatoms. The number of hydrogen-bond donors (Lipinski definition) is 2. The molecule has 10 heterocycles. The molecule has 2 fully saturated rings. The number of alkyl halides is 2. The van der Waals surface area contributed by atoms with Gasteiger partial charge in [0, 0.05) is 161 Å². The van der Waals surface area contributed by atoms with E-state index in [1.807, 2.05) is 25.4 Å². The lowest BCUT2D eigenvalue weighted by Crippen LogP contribution is -2.42. The zero-order valence-corrected chi connectivity index (χ0v) is 42.7. The van der Waals surface area contributed by atoms with Gasteiger partial charge in [-0.15, -0.1) is 0 Å². The van der Waals surface area contributed by atoms with Crippen LogP contribution < -0.4 is 25.6 Å². The predicted molar refractivity (Wildman–Crippen MR) is 274 cm³/mol. The molecule has 6 aromatic rings. The molecule has 75 heavy (non-hydrogen) atoms. The van der Waals surface area contributed by atoms with Crippen LogP contribution in [0.15, 0.2) is 49.1 Å². The van der Waals surface area contributed by atoms with E-state index in [9.17, 15) is 23.6 Å². The molecule has 0 spiro atoms. The van der Waals surface area contributed by atoms with Crippen LogP contribution in [0.1, 0.15) is 89.8 Å². The molecule has 4 amide bonds. The average molecular weight is 1030 g/mol. The van der Waals surface area contributed by atoms with Crippen molar-refractivity contribution in [2.75, 3.05) is 69.5 Å². The number of anilines is 4. The molecule has 0 saturated carbocycles. The van der Waals surface area contributed by atoms with Crippen molar-refractivity contribution in [2.45, 2.75) is 96.0 Å². The monoisotopic (exact) mass is 1030 g/mol. The van der Waals surface area contributed by atoms with E-state index in [1.165, 1.54) is 11.3 Å². The van der Waals surface area contributed by atoms with Crippen LogP contribution in [-0.2, 0) is 62.3 Å². The molecular formula is C53H63F2N15O5. The second-order valence-corrected chi connectivity index (χ2v) is 20.1. The second-order valence-electron chi connectivity index (χ2n) is 20.1. The Balaban J connectivity index is 0.000000161. The first-order valence-electron chi connectivity index (χ1n) is 26.0. The maximum Gasteiger partial charge on any atom is 0.387 e. The number of rotatable bonds is 8. The molecular weight excluding hydrogens is 965 g/mol. The lowest BCUT2D eigenvalue weighted by Gasteiger charge is -2.33. The minimum absolute atomic E-state index is 0.105. The Kier molecular flexibility index (Phi) is 13.9. The topological polar surface area (TPSA) is 208 Å². The summed E-state index contributed by atoms with van der Waals surface area (Å²) in [6.07, 6.45) is 15.8. The standard InChI is InChI=1S/C27H33F2N7O3.C26H30N8O2/c1-30-27(37)34-9-5-22-21(16-34)25(32-36(22)19-6-10-38-11-7-19)35-8-3-4-17-12-20(18-14-31-33(2)15-18)24(13-23(17)35)39-26(28)29;1-31-15-19(14-29-31)21-11-17-3-2-7-33(24(17)12-18(21)13-27)25-22-16-32(26(28)35)8-4-23(22)34(30-25)20-5-9-36-10-6-20/h12-15,19,26H,3-11,16H2,1-2H3,(H,30,37);11-12,14-15,20H,2-10,16H2,1H3,(H2,28,35). The summed E-state index contributed by atoms with van der Waals surface area (Å²) in [5.74, 6) is 1.76. The molecule has 12 rings (SSSR count). The van der Waals surface area contributed by atoms with Gasteiger partial charge in [0.15, 0.2) is 11.6 Å². The fraction of sp³-hybridized carbons (Fsp3) is 0.491. The molecule has 0 atom stereocenters. The summed E-state index contributed by atoms with van der Waals surface area (Å²) in [4.78, 5) is 32.5. The van der Waals surface area contributed by atoms with Crippen molar-refractivity contribution in [1.29, 1.82) is 5.26 Å². The van der Waals surface area contributed by atoms with Crippen LogP contribution in [0.5, 0.6) is 5.75 Å². The van der Waals surface area contributed by atoms with Gasteiger partial charge in [0.25, 0.3) is 0 Å². The number of amides is 4. The third-order valence-electron chi connectivity index (χ3n) is 15.5. The number of fused-ring (bicyclic) bond motifs is 4. The summed E-state index contributed by atoms with van der Waals surface area (Å²) in [5, 5.41) is 31.6. The van der Waals surface area contributed by atoms with Gasteiger partial charge in [0.2, 0.25) is 0 Å². The Hall–Kier alpha value is -7.51. The van der Waals surface area contributed by atoms with Crippen LogP contribution in [0.3, 0.4) is 0 Å². The van der Waals surface area contributed by atoms with E-state index in [0.29, 0.717) is 63.5 Å². The number of nitriles is 1. The zero-order valence-electron chi connectivity index (χ0n) is 42.7. The smallest absolute Gasteiger partial charge is 0.387 e. The lowest BCUT2D eigenvalue weighted by molar-refractivity contribution is -0.0494. The minimum Gasteiger partial charge on any atom is -0.434 e. The normalized spacial score (nSPS) is 17.9. The highest BCUT2D eigenvalue weighted by atomic mass is 19.3. The number of hydrogen-bond acceptors (Lipinski definition) is 12. The highest BCUT2D eigenvalue weighted by Gasteiger charge is 2.37. The maximum atomic E-state index is 13.5. The number of halogens is 2. The first-order valence-corrected chi connectivity index (χ1v) is 26.0. The van der Waals surface area contributed by atoms with Crippen molar-refractivity contribution in [3.63, 3.8) is 0 Å². The van der Waals surface area contributed by atoms with Crippen molar-refractivity contribution in [2.24, 2.45) is 19.8 Å². The number of nitrogens with one attached hydrogen (secondary N) is 1. The van der Waals surface area contributed by atoms with Crippen molar-refractivity contribution in [3.05, 3.63) is 88.3 Å². The van der Waals surface area contributed by atoms with Crippen LogP contribution in [0.25, 0.3) is 22.3 Å². The van der Waals surface area contributed by atoms with Crippen LogP contribution in [0.4, 0.5) is 41.4 Å². The fourth-order valence-electron chi connectivity index (χ4n) is 11.8. The van der Waals surface area contributed by atoms with Gasteiger partial charge in [-0.05, 0) is 80.7 Å². The lowest BCUT2D eigenvalue weighted by atomic mass is 9.93. The largest absolute Gasteiger partial charge is 0.434 e. The molecule has 4 aromatic heterocycles. The van der Waals surface area contributed by atoms with Crippen LogP contribution >= 0.6 is 0 Å². The highest BCUT2D eigenvalue weighted by Crippen LogP contribution is 2.45. The van der Waals surface area contributed by atoms with E-state index < -0.39 is 12.6 Å². The zero-order chi connectivity index (χ0) is 51.9. The van der Waals surface area contributed by atoms with Gasteiger partial charge < -0.3 is 44.9 Å². The first-order chi connectivity index (χ1) is 36.5. The number of ether oxygens (including phenoxy) is 3. The number of primary amides is 1. The van der Waals surface area contributed by atoms with Crippen LogP contribution in [-0.4, -0.2) is 127 Å². The van der Waals surface area contributed by atoms with E-state index >= 15 is 0 Å². The summed E-state index contributed by atoms with van der Waals surface area (Å²) < 4.78 is 51.0. The number of benzene rings is 2.